The molecule has 1 aliphatic heterocycles. The van der Waals surface area contributed by atoms with Crippen molar-refractivity contribution in [3.8, 4) is 0 Å². The number of benzene rings is 1. The number of nitrogens with one attached hydrogen (secondary N) is 2. The van der Waals surface area contributed by atoms with E-state index in [1.54, 1.807) is 11.0 Å². The second-order valence-corrected chi connectivity index (χ2v) is 6.07. The van der Waals surface area contributed by atoms with E-state index in [0.717, 1.165) is 0 Å². The van der Waals surface area contributed by atoms with Crippen LogP contribution in [0.3, 0.4) is 0 Å². The number of hydrogen-bond donors (Lipinski definition) is 2. The van der Waals surface area contributed by atoms with Crippen molar-refractivity contribution in [2.45, 2.75) is 26.3 Å². The first kappa shape index (κ1) is 17.9. The average Bonchev–Trinajstić information content (AvgIpc) is 2.94. The summed E-state index contributed by atoms with van der Waals surface area (Å²) >= 11 is 0. The Morgan fingerprint density at radius 2 is 1.92 bits per heavy atom. The molecule has 0 spiro atoms. The molecule has 3 amide bonds. The molecule has 0 unspecified atom stereocenters. The third kappa shape index (κ3) is 4.31. The maximum Gasteiger partial charge on any atom is 0.254 e. The Morgan fingerprint density at radius 3 is 2.54 bits per heavy atom. The van der Waals surface area contributed by atoms with Crippen molar-refractivity contribution in [3.05, 3.63) is 35.6 Å². The summed E-state index contributed by atoms with van der Waals surface area (Å²) in [5.41, 5.74) is -0.0298. The van der Waals surface area contributed by atoms with Gasteiger partial charge in [0, 0.05) is 32.1 Å². The number of rotatable bonds is 6. The molecule has 0 saturated carbocycles. The smallest absolute Gasteiger partial charge is 0.254 e. The molecule has 1 heterocycles. The highest BCUT2D eigenvalue weighted by Crippen LogP contribution is 2.19. The van der Waals surface area contributed by atoms with E-state index in [1.165, 1.54) is 18.2 Å². The van der Waals surface area contributed by atoms with Gasteiger partial charge in [0.25, 0.3) is 5.91 Å². The van der Waals surface area contributed by atoms with Gasteiger partial charge in [-0.15, -0.1) is 0 Å². The molecule has 0 aliphatic carbocycles. The summed E-state index contributed by atoms with van der Waals surface area (Å²) < 4.78 is 13.5. The van der Waals surface area contributed by atoms with Crippen LogP contribution >= 0.6 is 0 Å². The molecule has 130 valence electrons. The quantitative estimate of drug-likeness (QED) is 0.759. The van der Waals surface area contributed by atoms with Gasteiger partial charge in [-0.05, 0) is 26.0 Å². The van der Waals surface area contributed by atoms with E-state index in [0.29, 0.717) is 6.54 Å². The van der Waals surface area contributed by atoms with Crippen LogP contribution in [0.2, 0.25) is 0 Å². The number of carbonyl (C=O) groups is 3. The Bertz CT molecular complexity index is 633. The minimum Gasteiger partial charge on any atom is -0.354 e. The van der Waals surface area contributed by atoms with Crippen molar-refractivity contribution in [2.75, 3.05) is 19.6 Å². The summed E-state index contributed by atoms with van der Waals surface area (Å²) in [7, 11) is 0. The van der Waals surface area contributed by atoms with E-state index >= 15 is 0 Å². The molecule has 7 heteroatoms. The zero-order chi connectivity index (χ0) is 17.7. The molecule has 6 nitrogen and oxygen atoms in total. The summed E-state index contributed by atoms with van der Waals surface area (Å²) in [6.07, 6.45) is 0.214. The number of carbonyl (C=O) groups excluding carboxylic acids is 3. The minimum atomic E-state index is -0.586. The first-order valence-corrected chi connectivity index (χ1v) is 8.00. The number of hydrogen-bond acceptors (Lipinski definition) is 3. The molecule has 1 aromatic carbocycles. The van der Waals surface area contributed by atoms with Gasteiger partial charge in [0.05, 0.1) is 11.5 Å². The third-order valence-corrected chi connectivity index (χ3v) is 3.98. The Hall–Kier alpha value is -2.44. The number of likely N-dealkylation sites (tertiary alicyclic amines) is 1. The summed E-state index contributed by atoms with van der Waals surface area (Å²) in [4.78, 5) is 37.4. The number of amides is 3. The largest absolute Gasteiger partial charge is 0.354 e. The van der Waals surface area contributed by atoms with E-state index < -0.39 is 11.7 Å². The van der Waals surface area contributed by atoms with E-state index in [4.69, 9.17) is 0 Å². The highest BCUT2D eigenvalue weighted by atomic mass is 19.1. The van der Waals surface area contributed by atoms with Gasteiger partial charge < -0.3 is 15.5 Å². The standard InChI is InChI=1S/C17H22FN3O3/c1-11(2)21-10-12(9-15(21)22)16(23)19-7-8-20-17(24)13-5-3-4-6-14(13)18/h3-6,11-12H,7-10H2,1-2H3,(H,19,23)(H,20,24)/t12-/m1/s1. The maximum atomic E-state index is 13.5. The lowest BCUT2D eigenvalue weighted by atomic mass is 10.1. The number of halogens is 1. The van der Waals surface area contributed by atoms with Gasteiger partial charge in [-0.3, -0.25) is 14.4 Å². The molecule has 24 heavy (non-hydrogen) atoms. The predicted molar refractivity (Wildman–Crippen MR) is 86.7 cm³/mol. The summed E-state index contributed by atoms with van der Waals surface area (Å²) in [5.74, 6) is -1.69. The molecule has 1 aromatic rings. The number of nitrogens with zero attached hydrogens (tertiary/aromatic N) is 1. The topological polar surface area (TPSA) is 78.5 Å². The molecule has 1 saturated heterocycles. The first-order chi connectivity index (χ1) is 11.4. The third-order valence-electron chi connectivity index (χ3n) is 3.98. The molecule has 2 rings (SSSR count). The van der Waals surface area contributed by atoms with Gasteiger partial charge in [0.2, 0.25) is 11.8 Å². The Labute approximate surface area is 140 Å². The van der Waals surface area contributed by atoms with E-state index in [1.807, 2.05) is 13.8 Å². The van der Waals surface area contributed by atoms with Gasteiger partial charge in [-0.25, -0.2) is 4.39 Å². The van der Waals surface area contributed by atoms with E-state index in [9.17, 15) is 18.8 Å². The van der Waals surface area contributed by atoms with Crippen LogP contribution in [0.1, 0.15) is 30.6 Å². The van der Waals surface area contributed by atoms with Crippen LogP contribution in [0.15, 0.2) is 24.3 Å². The van der Waals surface area contributed by atoms with Crippen molar-refractivity contribution in [2.24, 2.45) is 5.92 Å². The Balaban J connectivity index is 1.73. The normalized spacial score (nSPS) is 17.2. The fourth-order valence-corrected chi connectivity index (χ4v) is 2.65. The molecule has 0 aromatic heterocycles. The lowest BCUT2D eigenvalue weighted by molar-refractivity contribution is -0.129. The van der Waals surface area contributed by atoms with Crippen LogP contribution in [0, 0.1) is 11.7 Å². The van der Waals surface area contributed by atoms with E-state index in [-0.39, 0.29) is 48.8 Å². The Kier molecular flexibility index (Phi) is 5.89. The summed E-state index contributed by atoms with van der Waals surface area (Å²) in [6.45, 7) is 4.66. The second kappa shape index (κ2) is 7.90. The summed E-state index contributed by atoms with van der Waals surface area (Å²) in [5, 5.41) is 5.25. The zero-order valence-corrected chi connectivity index (χ0v) is 13.8. The van der Waals surface area contributed by atoms with Crippen molar-refractivity contribution in [3.63, 3.8) is 0 Å². The molecular weight excluding hydrogens is 313 g/mol. The molecule has 2 N–H and O–H groups in total. The minimum absolute atomic E-state index is 0.0157. The van der Waals surface area contributed by atoms with Crippen molar-refractivity contribution in [1.29, 1.82) is 0 Å². The lowest BCUT2D eigenvalue weighted by Gasteiger charge is -2.20. The van der Waals surface area contributed by atoms with Gasteiger partial charge in [0.1, 0.15) is 5.82 Å². The van der Waals surface area contributed by atoms with Crippen LogP contribution in [-0.2, 0) is 9.59 Å². The van der Waals surface area contributed by atoms with Crippen molar-refractivity contribution < 1.29 is 18.8 Å². The highest BCUT2D eigenvalue weighted by Gasteiger charge is 2.35. The van der Waals surface area contributed by atoms with Gasteiger partial charge in [-0.2, -0.15) is 0 Å². The molecule has 1 aliphatic rings. The predicted octanol–water partition coefficient (Wildman–Crippen LogP) is 0.929. The van der Waals surface area contributed by atoms with Gasteiger partial charge >= 0.3 is 0 Å². The van der Waals surface area contributed by atoms with Crippen LogP contribution in [0.5, 0.6) is 0 Å². The van der Waals surface area contributed by atoms with Crippen LogP contribution in [0.25, 0.3) is 0 Å². The lowest BCUT2D eigenvalue weighted by Crippen LogP contribution is -2.39. The molecular formula is C17H22FN3O3. The molecule has 0 bridgehead atoms. The van der Waals surface area contributed by atoms with Crippen LogP contribution in [-0.4, -0.2) is 48.3 Å². The SMILES string of the molecule is CC(C)N1C[C@H](C(=O)NCCNC(=O)c2ccccc2F)CC1=O. The first-order valence-electron chi connectivity index (χ1n) is 8.00. The highest BCUT2D eigenvalue weighted by molar-refractivity contribution is 5.94. The monoisotopic (exact) mass is 335 g/mol. The van der Waals surface area contributed by atoms with Crippen LogP contribution < -0.4 is 10.6 Å². The van der Waals surface area contributed by atoms with Gasteiger partial charge in [-0.1, -0.05) is 12.1 Å². The zero-order valence-electron chi connectivity index (χ0n) is 13.8. The van der Waals surface area contributed by atoms with Crippen LogP contribution in [0.4, 0.5) is 4.39 Å². The van der Waals surface area contributed by atoms with E-state index in [2.05, 4.69) is 10.6 Å². The van der Waals surface area contributed by atoms with Gasteiger partial charge in [0.15, 0.2) is 0 Å². The second-order valence-electron chi connectivity index (χ2n) is 6.07. The average molecular weight is 335 g/mol. The molecule has 1 fully saturated rings. The summed E-state index contributed by atoms with van der Waals surface area (Å²) in [6, 6.07) is 5.78. The maximum absolute atomic E-state index is 13.5. The Morgan fingerprint density at radius 1 is 1.25 bits per heavy atom. The fraction of sp³-hybridized carbons (Fsp3) is 0.471. The fourth-order valence-electron chi connectivity index (χ4n) is 2.65. The van der Waals surface area contributed by atoms with Crippen molar-refractivity contribution >= 4 is 17.7 Å². The molecule has 1 atom stereocenters. The van der Waals surface area contributed by atoms with Crippen molar-refractivity contribution in [1.82, 2.24) is 15.5 Å². The molecule has 0 radical (unpaired) electrons.